The first-order valence-corrected chi connectivity index (χ1v) is 6.70. The van der Waals surface area contributed by atoms with Crippen LogP contribution >= 0.6 is 15.9 Å². The van der Waals surface area contributed by atoms with Crippen LogP contribution in [0.4, 0.5) is 5.69 Å². The fourth-order valence-corrected chi connectivity index (χ4v) is 2.36. The van der Waals surface area contributed by atoms with Gasteiger partial charge in [-0.05, 0) is 39.2 Å². The van der Waals surface area contributed by atoms with Crippen molar-refractivity contribution < 1.29 is 9.90 Å². The van der Waals surface area contributed by atoms with Crippen LogP contribution in [-0.4, -0.2) is 48.7 Å². The first-order valence-electron chi connectivity index (χ1n) is 5.91. The average molecular weight is 330 g/mol. The van der Waals surface area contributed by atoms with E-state index in [2.05, 4.69) is 21.2 Å². The van der Waals surface area contributed by atoms with E-state index in [0.29, 0.717) is 17.8 Å². The van der Waals surface area contributed by atoms with E-state index in [0.717, 1.165) is 4.47 Å². The molecule has 4 N–H and O–H groups in total. The number of nitrogen functional groups attached to an aromatic ring is 1. The van der Waals surface area contributed by atoms with Gasteiger partial charge in [0, 0.05) is 28.8 Å². The Balaban J connectivity index is 2.65. The maximum Gasteiger partial charge on any atom is 0.251 e. The zero-order chi connectivity index (χ0) is 14.6. The molecule has 0 saturated heterocycles. The number of halogens is 1. The van der Waals surface area contributed by atoms with Crippen LogP contribution in [0.15, 0.2) is 22.7 Å². The lowest BCUT2D eigenvalue weighted by molar-refractivity contribution is 0.0326. The van der Waals surface area contributed by atoms with Crippen LogP contribution in [-0.2, 0) is 0 Å². The van der Waals surface area contributed by atoms with Gasteiger partial charge in [-0.15, -0.1) is 0 Å². The van der Waals surface area contributed by atoms with E-state index in [4.69, 9.17) is 5.73 Å². The van der Waals surface area contributed by atoms with Gasteiger partial charge in [0.25, 0.3) is 5.91 Å². The highest BCUT2D eigenvalue weighted by molar-refractivity contribution is 9.10. The Hall–Kier alpha value is -1.11. The molecule has 1 aromatic carbocycles. The first kappa shape index (κ1) is 15.9. The number of rotatable bonds is 5. The van der Waals surface area contributed by atoms with Crippen molar-refractivity contribution in [2.24, 2.45) is 0 Å². The zero-order valence-corrected chi connectivity index (χ0v) is 13.0. The van der Waals surface area contributed by atoms with E-state index in [-0.39, 0.29) is 12.5 Å². The Labute approximate surface area is 121 Å². The minimum Gasteiger partial charge on any atom is -0.399 e. The Kier molecular flexibility index (Phi) is 5.34. The molecule has 0 aliphatic carbocycles. The van der Waals surface area contributed by atoms with Gasteiger partial charge in [0.1, 0.15) is 0 Å². The van der Waals surface area contributed by atoms with Crippen LogP contribution in [0.1, 0.15) is 17.3 Å². The second-order valence-electron chi connectivity index (χ2n) is 5.19. The minimum absolute atomic E-state index is 0.177. The van der Waals surface area contributed by atoms with Crippen LogP contribution in [0.5, 0.6) is 0 Å². The number of aliphatic hydroxyl groups is 1. The Morgan fingerprint density at radius 3 is 2.63 bits per heavy atom. The summed E-state index contributed by atoms with van der Waals surface area (Å²) in [6, 6.07) is 5.01. The topological polar surface area (TPSA) is 78.6 Å². The fraction of sp³-hybridized carbons (Fsp3) is 0.462. The molecule has 0 bridgehead atoms. The second kappa shape index (κ2) is 6.36. The number of nitrogens with one attached hydrogen (secondary N) is 1. The summed E-state index contributed by atoms with van der Waals surface area (Å²) in [7, 11) is 3.73. The zero-order valence-electron chi connectivity index (χ0n) is 11.4. The number of carbonyl (C=O) groups excluding carboxylic acids is 1. The van der Waals surface area contributed by atoms with Crippen molar-refractivity contribution in [3.63, 3.8) is 0 Å². The number of likely N-dealkylation sites (N-methyl/N-ethyl adjacent to an activating group) is 1. The number of hydrogen-bond acceptors (Lipinski definition) is 4. The maximum absolute atomic E-state index is 12.0. The lowest BCUT2D eigenvalue weighted by atomic mass is 10.1. The summed E-state index contributed by atoms with van der Waals surface area (Å²) in [6.07, 6.45) is 0. The highest BCUT2D eigenvalue weighted by Crippen LogP contribution is 2.17. The monoisotopic (exact) mass is 329 g/mol. The average Bonchev–Trinajstić information content (AvgIpc) is 2.22. The van der Waals surface area contributed by atoms with E-state index < -0.39 is 5.60 Å². The summed E-state index contributed by atoms with van der Waals surface area (Å²) in [6.45, 7) is 2.33. The van der Waals surface area contributed by atoms with Gasteiger partial charge in [0.2, 0.25) is 0 Å². The van der Waals surface area contributed by atoms with E-state index in [1.165, 1.54) is 0 Å². The van der Waals surface area contributed by atoms with Crippen molar-refractivity contribution in [1.29, 1.82) is 0 Å². The number of hydrogen-bond donors (Lipinski definition) is 3. The Morgan fingerprint density at radius 2 is 2.11 bits per heavy atom. The highest BCUT2D eigenvalue weighted by Gasteiger charge is 2.22. The van der Waals surface area contributed by atoms with Crippen LogP contribution in [0.3, 0.4) is 0 Å². The molecule has 19 heavy (non-hydrogen) atoms. The molecule has 0 aromatic heterocycles. The molecule has 1 rings (SSSR count). The maximum atomic E-state index is 12.0. The SMILES string of the molecule is CN(C)CC(C)(O)CNC(=O)c1cc(N)cc(Br)c1. The Bertz CT molecular complexity index is 441. The summed E-state index contributed by atoms with van der Waals surface area (Å²) in [4.78, 5) is 13.8. The fourth-order valence-electron chi connectivity index (χ4n) is 1.85. The van der Waals surface area contributed by atoms with E-state index >= 15 is 0 Å². The third-order valence-corrected chi connectivity index (χ3v) is 2.93. The van der Waals surface area contributed by atoms with Crippen LogP contribution < -0.4 is 11.1 Å². The largest absolute Gasteiger partial charge is 0.399 e. The molecule has 0 radical (unpaired) electrons. The van der Waals surface area contributed by atoms with Crippen molar-refractivity contribution in [3.8, 4) is 0 Å². The van der Waals surface area contributed by atoms with Gasteiger partial charge in [-0.25, -0.2) is 0 Å². The molecule has 1 unspecified atom stereocenters. The predicted molar refractivity (Wildman–Crippen MR) is 80.1 cm³/mol. The van der Waals surface area contributed by atoms with Gasteiger partial charge in [-0.1, -0.05) is 15.9 Å². The molecular formula is C13H20BrN3O2. The molecule has 0 aliphatic heterocycles. The van der Waals surface area contributed by atoms with Crippen molar-refractivity contribution in [1.82, 2.24) is 10.2 Å². The van der Waals surface area contributed by atoms with Crippen LogP contribution in [0.25, 0.3) is 0 Å². The molecular weight excluding hydrogens is 310 g/mol. The highest BCUT2D eigenvalue weighted by atomic mass is 79.9. The van der Waals surface area contributed by atoms with Crippen molar-refractivity contribution in [2.45, 2.75) is 12.5 Å². The van der Waals surface area contributed by atoms with E-state index in [1.807, 2.05) is 19.0 Å². The molecule has 0 fully saturated rings. The lowest BCUT2D eigenvalue weighted by Crippen LogP contribution is -2.47. The number of amides is 1. The summed E-state index contributed by atoms with van der Waals surface area (Å²) in [5, 5.41) is 12.8. The predicted octanol–water partition coefficient (Wildman–Crippen LogP) is 1.07. The van der Waals surface area contributed by atoms with Crippen LogP contribution in [0, 0.1) is 0 Å². The van der Waals surface area contributed by atoms with Gasteiger partial charge < -0.3 is 21.1 Å². The molecule has 0 heterocycles. The molecule has 106 valence electrons. The normalized spacial score (nSPS) is 14.2. The van der Waals surface area contributed by atoms with Gasteiger partial charge in [0.05, 0.1) is 5.60 Å². The number of anilines is 1. The molecule has 1 aromatic rings. The third kappa shape index (κ3) is 5.59. The smallest absolute Gasteiger partial charge is 0.251 e. The van der Waals surface area contributed by atoms with E-state index in [9.17, 15) is 9.90 Å². The van der Waals surface area contributed by atoms with Crippen LogP contribution in [0.2, 0.25) is 0 Å². The molecule has 6 heteroatoms. The minimum atomic E-state index is -0.975. The number of nitrogens with two attached hydrogens (primary N) is 1. The van der Waals surface area contributed by atoms with Gasteiger partial charge >= 0.3 is 0 Å². The Morgan fingerprint density at radius 1 is 1.47 bits per heavy atom. The number of carbonyl (C=O) groups is 1. The second-order valence-corrected chi connectivity index (χ2v) is 6.11. The van der Waals surface area contributed by atoms with Crippen molar-refractivity contribution >= 4 is 27.5 Å². The molecule has 5 nitrogen and oxygen atoms in total. The van der Waals surface area contributed by atoms with Gasteiger partial charge in [-0.3, -0.25) is 4.79 Å². The summed E-state index contributed by atoms with van der Waals surface area (Å²) < 4.78 is 0.748. The number of benzene rings is 1. The van der Waals surface area contributed by atoms with E-state index in [1.54, 1.807) is 25.1 Å². The summed E-state index contributed by atoms with van der Waals surface area (Å²) >= 11 is 3.29. The van der Waals surface area contributed by atoms with Crippen molar-refractivity contribution in [2.75, 3.05) is 32.9 Å². The van der Waals surface area contributed by atoms with Crippen molar-refractivity contribution in [3.05, 3.63) is 28.2 Å². The molecule has 0 aliphatic rings. The standard InChI is InChI=1S/C13H20BrN3O2/c1-13(19,8-17(2)3)7-16-12(18)9-4-10(14)6-11(15)5-9/h4-6,19H,7-8,15H2,1-3H3,(H,16,18). The lowest BCUT2D eigenvalue weighted by Gasteiger charge is -2.27. The molecule has 0 saturated carbocycles. The molecule has 1 amide bonds. The summed E-state index contributed by atoms with van der Waals surface area (Å²) in [5.41, 5.74) is 5.68. The van der Waals surface area contributed by atoms with Gasteiger partial charge in [-0.2, -0.15) is 0 Å². The third-order valence-electron chi connectivity index (χ3n) is 2.47. The first-order chi connectivity index (χ1) is 8.69. The van der Waals surface area contributed by atoms with Gasteiger partial charge in [0.15, 0.2) is 0 Å². The number of nitrogens with zero attached hydrogens (tertiary/aromatic N) is 1. The quantitative estimate of drug-likeness (QED) is 0.706. The summed E-state index contributed by atoms with van der Waals surface area (Å²) in [5.74, 6) is -0.257. The molecule has 1 atom stereocenters. The molecule has 0 spiro atoms.